The molecule has 1 aliphatic rings. The number of halogens is 1. The van der Waals surface area contributed by atoms with Gasteiger partial charge in [0.1, 0.15) is 0 Å². The molecule has 5 heteroatoms. The Balaban J connectivity index is 2.17. The Bertz CT molecular complexity index is 436. The van der Waals surface area contributed by atoms with E-state index in [2.05, 4.69) is 33.3 Å². The Morgan fingerprint density at radius 1 is 1.58 bits per heavy atom. The van der Waals surface area contributed by atoms with E-state index in [0.29, 0.717) is 12.3 Å². The summed E-state index contributed by atoms with van der Waals surface area (Å²) in [5, 5.41) is 18.7. The maximum Gasteiger partial charge on any atom is 0.0766 e. The molecule has 2 atom stereocenters. The molecule has 2 rings (SSSR count). The molecule has 2 N–H and O–H groups in total. The van der Waals surface area contributed by atoms with Crippen LogP contribution < -0.4 is 5.32 Å². The summed E-state index contributed by atoms with van der Waals surface area (Å²) < 4.78 is 2.95. The molecule has 0 aromatic carbocycles. The number of aliphatic hydroxyl groups is 1. The van der Waals surface area contributed by atoms with Crippen molar-refractivity contribution in [1.82, 2.24) is 15.1 Å². The number of piperidine rings is 1. The van der Waals surface area contributed by atoms with Gasteiger partial charge in [0.15, 0.2) is 0 Å². The summed E-state index contributed by atoms with van der Waals surface area (Å²) in [6, 6.07) is 0. The van der Waals surface area contributed by atoms with Crippen LogP contribution in [-0.4, -0.2) is 33.6 Å². The first-order valence-corrected chi connectivity index (χ1v) is 7.88. The van der Waals surface area contributed by atoms with Crippen LogP contribution in [0.25, 0.3) is 0 Å². The number of nitrogens with one attached hydrogen (secondary N) is 1. The fourth-order valence-electron chi connectivity index (χ4n) is 2.88. The van der Waals surface area contributed by atoms with Gasteiger partial charge in [-0.2, -0.15) is 5.10 Å². The molecule has 0 amide bonds. The zero-order chi connectivity index (χ0) is 14.0. The lowest BCUT2D eigenvalue weighted by molar-refractivity contribution is -0.0117. The van der Waals surface area contributed by atoms with Crippen molar-refractivity contribution in [3.05, 3.63) is 15.9 Å². The van der Waals surface area contributed by atoms with Gasteiger partial charge < -0.3 is 10.4 Å². The molecule has 2 heterocycles. The van der Waals surface area contributed by atoms with E-state index in [9.17, 15) is 5.11 Å². The summed E-state index contributed by atoms with van der Waals surface area (Å²) in [5.74, 6) is 0.313. The van der Waals surface area contributed by atoms with E-state index in [1.54, 1.807) is 0 Å². The molecular formula is C14H24BrN3O. The predicted octanol–water partition coefficient (Wildman–Crippen LogP) is 2.04. The van der Waals surface area contributed by atoms with E-state index < -0.39 is 5.60 Å². The third kappa shape index (κ3) is 3.20. The molecule has 1 aromatic heterocycles. The largest absolute Gasteiger partial charge is 0.389 e. The van der Waals surface area contributed by atoms with Crippen molar-refractivity contribution in [3.8, 4) is 0 Å². The molecule has 0 aliphatic carbocycles. The molecule has 1 aromatic rings. The van der Waals surface area contributed by atoms with Gasteiger partial charge in [0.2, 0.25) is 0 Å². The molecule has 0 saturated carbocycles. The number of aryl methyl sites for hydroxylation is 2. The lowest BCUT2D eigenvalue weighted by Crippen LogP contribution is -2.45. The van der Waals surface area contributed by atoms with E-state index in [0.717, 1.165) is 48.2 Å². The smallest absolute Gasteiger partial charge is 0.0766 e. The van der Waals surface area contributed by atoms with Crippen LogP contribution in [0.3, 0.4) is 0 Å². The first-order chi connectivity index (χ1) is 8.95. The van der Waals surface area contributed by atoms with E-state index in [-0.39, 0.29) is 0 Å². The van der Waals surface area contributed by atoms with Gasteiger partial charge in [-0.05, 0) is 48.7 Å². The van der Waals surface area contributed by atoms with E-state index in [4.69, 9.17) is 0 Å². The molecule has 4 nitrogen and oxygen atoms in total. The predicted molar refractivity (Wildman–Crippen MR) is 80.2 cm³/mol. The molecule has 0 radical (unpaired) electrons. The maximum atomic E-state index is 10.8. The van der Waals surface area contributed by atoms with E-state index in [1.807, 2.05) is 18.7 Å². The molecule has 1 aliphatic heterocycles. The van der Waals surface area contributed by atoms with E-state index in [1.165, 1.54) is 0 Å². The van der Waals surface area contributed by atoms with Gasteiger partial charge in [-0.1, -0.05) is 6.92 Å². The molecule has 19 heavy (non-hydrogen) atoms. The zero-order valence-corrected chi connectivity index (χ0v) is 13.6. The average Bonchev–Trinajstić information content (AvgIpc) is 2.67. The van der Waals surface area contributed by atoms with Crippen molar-refractivity contribution < 1.29 is 5.11 Å². The van der Waals surface area contributed by atoms with Gasteiger partial charge in [-0.3, -0.25) is 4.68 Å². The van der Waals surface area contributed by atoms with Gasteiger partial charge in [-0.15, -0.1) is 0 Å². The van der Waals surface area contributed by atoms with Crippen molar-refractivity contribution >= 4 is 15.9 Å². The monoisotopic (exact) mass is 329 g/mol. The van der Waals surface area contributed by atoms with Crippen LogP contribution in [0, 0.1) is 5.92 Å². The summed E-state index contributed by atoms with van der Waals surface area (Å²) in [4.78, 5) is 0. The second-order valence-corrected chi connectivity index (χ2v) is 6.55. The third-order valence-electron chi connectivity index (χ3n) is 4.20. The third-order valence-corrected chi connectivity index (χ3v) is 5.12. The molecular weight excluding hydrogens is 306 g/mol. The topological polar surface area (TPSA) is 50.1 Å². The Hall–Kier alpha value is -0.390. The molecule has 1 fully saturated rings. The first-order valence-electron chi connectivity index (χ1n) is 7.09. The minimum atomic E-state index is -0.686. The normalized spacial score (nSPS) is 23.3. The second kappa shape index (κ2) is 5.94. The lowest BCUT2D eigenvalue weighted by Gasteiger charge is -2.36. The van der Waals surface area contributed by atoms with Crippen LogP contribution >= 0.6 is 15.9 Å². The molecule has 108 valence electrons. The number of hydrogen-bond acceptors (Lipinski definition) is 3. The van der Waals surface area contributed by atoms with Crippen LogP contribution in [0.15, 0.2) is 4.47 Å². The fraction of sp³-hybridized carbons (Fsp3) is 0.786. The highest BCUT2D eigenvalue weighted by Gasteiger charge is 2.34. The fourth-order valence-corrected chi connectivity index (χ4v) is 3.63. The Morgan fingerprint density at radius 2 is 2.32 bits per heavy atom. The summed E-state index contributed by atoms with van der Waals surface area (Å²) in [6.45, 7) is 6.03. The zero-order valence-electron chi connectivity index (χ0n) is 12.0. The van der Waals surface area contributed by atoms with Gasteiger partial charge in [0.05, 0.1) is 21.5 Å². The van der Waals surface area contributed by atoms with Crippen molar-refractivity contribution in [3.63, 3.8) is 0 Å². The maximum absolute atomic E-state index is 10.8. The Morgan fingerprint density at radius 3 is 2.84 bits per heavy atom. The van der Waals surface area contributed by atoms with Crippen molar-refractivity contribution in [1.29, 1.82) is 0 Å². The second-order valence-electron chi connectivity index (χ2n) is 5.76. The van der Waals surface area contributed by atoms with Gasteiger partial charge >= 0.3 is 0 Å². The minimum absolute atomic E-state index is 0.313. The number of nitrogens with zero attached hydrogens (tertiary/aromatic N) is 2. The molecule has 0 spiro atoms. The summed E-state index contributed by atoms with van der Waals surface area (Å²) >= 11 is 3.63. The van der Waals surface area contributed by atoms with Crippen LogP contribution in [0.1, 0.15) is 38.1 Å². The van der Waals surface area contributed by atoms with Gasteiger partial charge in [0.25, 0.3) is 0 Å². The summed E-state index contributed by atoms with van der Waals surface area (Å²) in [5.41, 5.74) is 1.47. The SMILES string of the molecule is CCc1nn(C)c(CC(C)(O)C2CCCNC2)c1Br. The van der Waals surface area contributed by atoms with Crippen molar-refractivity contribution in [2.45, 2.75) is 45.1 Å². The summed E-state index contributed by atoms with van der Waals surface area (Å²) in [7, 11) is 1.95. The highest BCUT2D eigenvalue weighted by Crippen LogP contribution is 2.31. The van der Waals surface area contributed by atoms with Crippen LogP contribution in [0.2, 0.25) is 0 Å². The number of rotatable bonds is 4. The molecule has 0 bridgehead atoms. The Labute approximate surface area is 123 Å². The highest BCUT2D eigenvalue weighted by molar-refractivity contribution is 9.10. The number of aromatic nitrogens is 2. The summed E-state index contributed by atoms with van der Waals surface area (Å²) in [6.07, 6.45) is 3.79. The van der Waals surface area contributed by atoms with Crippen molar-refractivity contribution in [2.24, 2.45) is 13.0 Å². The first kappa shape index (κ1) is 15.0. The highest BCUT2D eigenvalue weighted by atomic mass is 79.9. The number of hydrogen-bond donors (Lipinski definition) is 2. The van der Waals surface area contributed by atoms with Gasteiger partial charge in [-0.25, -0.2) is 0 Å². The van der Waals surface area contributed by atoms with Crippen LogP contribution in [0.4, 0.5) is 0 Å². The average molecular weight is 330 g/mol. The molecule has 2 unspecified atom stereocenters. The van der Waals surface area contributed by atoms with Crippen LogP contribution in [0.5, 0.6) is 0 Å². The quantitative estimate of drug-likeness (QED) is 0.888. The van der Waals surface area contributed by atoms with E-state index >= 15 is 0 Å². The van der Waals surface area contributed by atoms with Gasteiger partial charge in [0, 0.05) is 25.9 Å². The van der Waals surface area contributed by atoms with Crippen LogP contribution in [-0.2, 0) is 19.9 Å². The Kier molecular flexibility index (Phi) is 4.69. The minimum Gasteiger partial charge on any atom is -0.389 e. The molecule has 1 saturated heterocycles. The standard InChI is InChI=1S/C14H24BrN3O/c1-4-11-13(15)12(18(3)17-11)8-14(2,19)10-6-5-7-16-9-10/h10,16,19H,4-9H2,1-3H3. The lowest BCUT2D eigenvalue weighted by atomic mass is 9.80. The van der Waals surface area contributed by atoms with Crippen molar-refractivity contribution in [2.75, 3.05) is 13.1 Å².